The summed E-state index contributed by atoms with van der Waals surface area (Å²) in [5, 5.41) is 9.48. The lowest BCUT2D eigenvalue weighted by atomic mass is 10.0. The summed E-state index contributed by atoms with van der Waals surface area (Å²) >= 11 is 0. The molecule has 0 radical (unpaired) electrons. The van der Waals surface area contributed by atoms with Gasteiger partial charge in [-0.1, -0.05) is 18.1 Å². The van der Waals surface area contributed by atoms with E-state index in [-0.39, 0.29) is 12.2 Å². The Morgan fingerprint density at radius 2 is 1.90 bits per heavy atom. The zero-order valence-corrected chi connectivity index (χ0v) is 10.9. The van der Waals surface area contributed by atoms with Crippen molar-refractivity contribution in [2.24, 2.45) is 0 Å². The van der Waals surface area contributed by atoms with Crippen molar-refractivity contribution >= 4 is 12.3 Å². The van der Waals surface area contributed by atoms with Crippen molar-refractivity contribution in [2.45, 2.75) is 18.7 Å². The molecule has 1 unspecified atom stereocenters. The number of ether oxygens (including phenoxy) is 1. The van der Waals surface area contributed by atoms with Crippen molar-refractivity contribution in [3.63, 3.8) is 0 Å². The van der Waals surface area contributed by atoms with Crippen LogP contribution in [0.5, 0.6) is 0 Å². The average molecular weight is 300 g/mol. The average Bonchev–Trinajstić information content (AvgIpc) is 2.44. The van der Waals surface area contributed by atoms with E-state index in [2.05, 4.69) is 4.74 Å². The van der Waals surface area contributed by atoms with Crippen molar-refractivity contribution in [1.82, 2.24) is 0 Å². The van der Waals surface area contributed by atoms with E-state index in [4.69, 9.17) is 0 Å². The minimum Gasteiger partial charge on any atom is -0.463 e. The summed E-state index contributed by atoms with van der Waals surface area (Å²) in [7, 11) is 0. The molecule has 0 aliphatic heterocycles. The normalized spacial score (nSPS) is 13.6. The van der Waals surface area contributed by atoms with E-state index in [1.54, 1.807) is 0 Å². The molecule has 0 spiro atoms. The molecule has 0 aliphatic carbocycles. The Balaban J connectivity index is 3.15. The Morgan fingerprint density at radius 1 is 1.33 bits per heavy atom. The maximum Gasteiger partial charge on any atom is 0.440 e. The fraction of sp³-hybridized carbons (Fsp3) is 0.286. The Kier molecular flexibility index (Phi) is 5.11. The molecule has 0 saturated heterocycles. The van der Waals surface area contributed by atoms with E-state index in [0.717, 1.165) is 0 Å². The number of hydrogen-bond donors (Lipinski definition) is 1. The van der Waals surface area contributed by atoms with Gasteiger partial charge in [0.05, 0.1) is 6.61 Å². The second-order valence-electron chi connectivity index (χ2n) is 3.92. The summed E-state index contributed by atoms with van der Waals surface area (Å²) in [6.45, 7) is 0.979. The second kappa shape index (κ2) is 6.41. The molecule has 21 heavy (non-hydrogen) atoms. The van der Waals surface area contributed by atoms with Gasteiger partial charge in [0, 0.05) is 11.1 Å². The van der Waals surface area contributed by atoms with Gasteiger partial charge in [-0.3, -0.25) is 4.79 Å². The molecule has 1 N–H and O–H groups in total. The lowest BCUT2D eigenvalue weighted by molar-refractivity contribution is -0.242. The third-order valence-corrected chi connectivity index (χ3v) is 2.42. The van der Waals surface area contributed by atoms with Gasteiger partial charge in [0.15, 0.2) is 0 Å². The molecule has 0 aliphatic rings. The minimum atomic E-state index is -5.30. The predicted octanol–water partition coefficient (Wildman–Crippen LogP) is 1.71. The summed E-state index contributed by atoms with van der Waals surface area (Å²) in [5.41, 5.74) is -3.48. The van der Waals surface area contributed by atoms with Crippen LogP contribution in [0.1, 0.15) is 22.8 Å². The van der Waals surface area contributed by atoms with Crippen LogP contribution in [-0.2, 0) is 9.53 Å². The number of aldehydes is 1. The molecular weight excluding hydrogens is 289 g/mol. The number of benzene rings is 1. The van der Waals surface area contributed by atoms with Gasteiger partial charge in [-0.05, 0) is 25.0 Å². The lowest BCUT2D eigenvalue weighted by Crippen LogP contribution is -2.52. The molecule has 0 bridgehead atoms. The van der Waals surface area contributed by atoms with Gasteiger partial charge >= 0.3 is 17.7 Å². The van der Waals surface area contributed by atoms with Crippen LogP contribution in [0.2, 0.25) is 0 Å². The third-order valence-electron chi connectivity index (χ3n) is 2.42. The molecule has 0 saturated carbocycles. The SMILES string of the molecule is CCOC(=O)C(O)(C#Cc1ccc(C=O)cc1)C(F)(F)F. The number of esters is 1. The van der Waals surface area contributed by atoms with Gasteiger partial charge in [-0.15, -0.1) is 0 Å². The zero-order chi connectivity index (χ0) is 16.1. The van der Waals surface area contributed by atoms with Crippen LogP contribution in [0.4, 0.5) is 13.2 Å². The smallest absolute Gasteiger partial charge is 0.440 e. The van der Waals surface area contributed by atoms with E-state index in [9.17, 15) is 27.9 Å². The summed E-state index contributed by atoms with van der Waals surface area (Å²) in [5.74, 6) is 1.66. The molecule has 0 fully saturated rings. The molecule has 1 rings (SSSR count). The largest absolute Gasteiger partial charge is 0.463 e. The van der Waals surface area contributed by atoms with E-state index in [0.29, 0.717) is 11.8 Å². The highest BCUT2D eigenvalue weighted by molar-refractivity contribution is 5.84. The molecule has 0 heterocycles. The fourth-order valence-electron chi connectivity index (χ4n) is 1.28. The van der Waals surface area contributed by atoms with Crippen LogP contribution < -0.4 is 0 Å². The first kappa shape index (κ1) is 16.7. The van der Waals surface area contributed by atoms with Gasteiger partial charge in [0.2, 0.25) is 0 Å². The Hall–Kier alpha value is -2.33. The molecule has 112 valence electrons. The van der Waals surface area contributed by atoms with Crippen molar-refractivity contribution in [2.75, 3.05) is 6.61 Å². The highest BCUT2D eigenvalue weighted by Crippen LogP contribution is 2.31. The maximum absolute atomic E-state index is 12.8. The van der Waals surface area contributed by atoms with Crippen LogP contribution in [0, 0.1) is 11.8 Å². The van der Waals surface area contributed by atoms with Crippen molar-refractivity contribution in [3.8, 4) is 11.8 Å². The van der Waals surface area contributed by atoms with Gasteiger partial charge < -0.3 is 9.84 Å². The zero-order valence-electron chi connectivity index (χ0n) is 10.9. The van der Waals surface area contributed by atoms with Crippen LogP contribution >= 0.6 is 0 Å². The first-order valence-electron chi connectivity index (χ1n) is 5.79. The van der Waals surface area contributed by atoms with Crippen molar-refractivity contribution in [1.29, 1.82) is 0 Å². The molecule has 0 amide bonds. The first-order valence-corrected chi connectivity index (χ1v) is 5.79. The van der Waals surface area contributed by atoms with E-state index in [1.165, 1.54) is 37.1 Å². The monoisotopic (exact) mass is 300 g/mol. The highest BCUT2D eigenvalue weighted by atomic mass is 19.4. The van der Waals surface area contributed by atoms with Crippen molar-refractivity contribution in [3.05, 3.63) is 35.4 Å². The van der Waals surface area contributed by atoms with Crippen LogP contribution in [0.3, 0.4) is 0 Å². The van der Waals surface area contributed by atoms with Gasteiger partial charge in [-0.25, -0.2) is 4.79 Å². The van der Waals surface area contributed by atoms with Crippen LogP contribution in [-0.4, -0.2) is 35.7 Å². The number of alkyl halides is 3. The summed E-state index contributed by atoms with van der Waals surface area (Å²) < 4.78 is 42.6. The number of carbonyl (C=O) groups is 2. The molecule has 0 aromatic heterocycles. The number of aliphatic hydroxyl groups is 1. The lowest BCUT2D eigenvalue weighted by Gasteiger charge is -2.22. The van der Waals surface area contributed by atoms with Gasteiger partial charge in [0.25, 0.3) is 0 Å². The highest BCUT2D eigenvalue weighted by Gasteiger charge is 2.60. The van der Waals surface area contributed by atoms with E-state index in [1.807, 2.05) is 5.92 Å². The number of hydrogen-bond acceptors (Lipinski definition) is 4. The standard InChI is InChI=1S/C14H11F3O4/c1-2-21-12(19)13(20,14(15,16)17)8-7-10-3-5-11(9-18)6-4-10/h3-6,9,20H,2H2,1H3. The van der Waals surface area contributed by atoms with Crippen LogP contribution in [0.25, 0.3) is 0 Å². The number of rotatable bonds is 3. The number of halogens is 3. The second-order valence-corrected chi connectivity index (χ2v) is 3.92. The topological polar surface area (TPSA) is 63.6 Å². The molecular formula is C14H11F3O4. The predicted molar refractivity (Wildman–Crippen MR) is 66.3 cm³/mol. The maximum atomic E-state index is 12.8. The quantitative estimate of drug-likeness (QED) is 0.524. The first-order chi connectivity index (χ1) is 9.74. The van der Waals surface area contributed by atoms with Crippen molar-refractivity contribution < 1.29 is 32.6 Å². The summed E-state index contributed by atoms with van der Waals surface area (Å²) in [6, 6.07) is 5.26. The van der Waals surface area contributed by atoms with E-state index >= 15 is 0 Å². The fourth-order valence-corrected chi connectivity index (χ4v) is 1.28. The summed E-state index contributed by atoms with van der Waals surface area (Å²) in [6.07, 6.45) is -4.74. The Morgan fingerprint density at radius 3 is 2.33 bits per heavy atom. The third kappa shape index (κ3) is 3.83. The van der Waals surface area contributed by atoms with Gasteiger partial charge in [0.1, 0.15) is 6.29 Å². The van der Waals surface area contributed by atoms with Crippen LogP contribution in [0.15, 0.2) is 24.3 Å². The number of carbonyl (C=O) groups excluding carboxylic acids is 2. The molecule has 1 aromatic rings. The summed E-state index contributed by atoms with van der Waals surface area (Å²) in [4.78, 5) is 21.7. The minimum absolute atomic E-state index is 0.104. The molecule has 4 nitrogen and oxygen atoms in total. The van der Waals surface area contributed by atoms with Gasteiger partial charge in [-0.2, -0.15) is 13.2 Å². The molecule has 1 atom stereocenters. The molecule has 1 aromatic carbocycles. The Labute approximate surface area is 118 Å². The Bertz CT molecular complexity index is 581. The molecule has 7 heteroatoms. The van der Waals surface area contributed by atoms with E-state index < -0.39 is 17.7 Å².